The van der Waals surface area contributed by atoms with Crippen LogP contribution >= 0.6 is 0 Å². The van der Waals surface area contributed by atoms with E-state index in [1.54, 1.807) is 12.1 Å². The number of pyridine rings is 1. The number of benzene rings is 1. The summed E-state index contributed by atoms with van der Waals surface area (Å²) < 4.78 is 15.8. The number of carbonyl (C=O) groups excluding carboxylic acids is 1. The largest absolute Gasteiger partial charge is 0.495 e. The smallest absolute Gasteiger partial charge is 0.258 e. The normalized spacial score (nSPS) is 12.0. The lowest BCUT2D eigenvalue weighted by Crippen LogP contribution is -2.20. The molecule has 0 aliphatic carbocycles. The summed E-state index contributed by atoms with van der Waals surface area (Å²) in [7, 11) is 4.35. The summed E-state index contributed by atoms with van der Waals surface area (Å²) >= 11 is 0. The Morgan fingerprint density at radius 1 is 1.17 bits per heavy atom. The number of hydrogen-bond acceptors (Lipinski definition) is 6. The average Bonchev–Trinajstić information content (AvgIpc) is 2.51. The first-order valence-corrected chi connectivity index (χ1v) is 6.96. The molecule has 1 unspecified atom stereocenters. The van der Waals surface area contributed by atoms with Gasteiger partial charge < -0.3 is 24.3 Å². The number of fused-ring (bicyclic) bond motifs is 1. The Morgan fingerprint density at radius 2 is 1.83 bits per heavy atom. The first kappa shape index (κ1) is 16.8. The molecule has 1 atom stereocenters. The number of ketones is 1. The number of Topliss-reactive ketones (excluding diaryl/α,β-unsaturated/α-hetero) is 1. The van der Waals surface area contributed by atoms with E-state index in [0.29, 0.717) is 22.4 Å². The van der Waals surface area contributed by atoms with Crippen LogP contribution in [0.5, 0.6) is 17.2 Å². The van der Waals surface area contributed by atoms with E-state index in [0.717, 1.165) is 0 Å². The van der Waals surface area contributed by atoms with Crippen LogP contribution < -0.4 is 19.8 Å². The predicted octanol–water partition coefficient (Wildman–Crippen LogP) is 1.57. The van der Waals surface area contributed by atoms with Crippen LogP contribution in [0.4, 0.5) is 0 Å². The molecule has 1 heterocycles. The molecule has 0 fully saturated rings. The second-order valence-corrected chi connectivity index (χ2v) is 5.05. The van der Waals surface area contributed by atoms with Crippen molar-refractivity contribution in [3.05, 3.63) is 28.0 Å². The van der Waals surface area contributed by atoms with Crippen LogP contribution in [0.3, 0.4) is 0 Å². The SMILES string of the molecule is COc1ccc2c(OC)c(C(O)CC(C)=O)c(=O)[nH]c2c1OC. The van der Waals surface area contributed by atoms with Gasteiger partial charge in [0.05, 0.1) is 38.5 Å². The molecular formula is C16H19NO6. The molecule has 0 radical (unpaired) electrons. The van der Waals surface area contributed by atoms with Crippen LogP contribution in [0.2, 0.25) is 0 Å². The summed E-state index contributed by atoms with van der Waals surface area (Å²) in [6.45, 7) is 1.35. The summed E-state index contributed by atoms with van der Waals surface area (Å²) in [6.07, 6.45) is -1.41. The molecule has 0 saturated heterocycles. The van der Waals surface area contributed by atoms with E-state index in [2.05, 4.69) is 4.98 Å². The van der Waals surface area contributed by atoms with Crippen molar-refractivity contribution in [2.24, 2.45) is 0 Å². The Kier molecular flexibility index (Phi) is 4.90. The van der Waals surface area contributed by atoms with Crippen LogP contribution in [0.15, 0.2) is 16.9 Å². The molecule has 2 rings (SSSR count). The number of aromatic amines is 1. The number of aliphatic hydroxyl groups is 1. The van der Waals surface area contributed by atoms with Gasteiger partial charge in [0.1, 0.15) is 11.5 Å². The van der Waals surface area contributed by atoms with E-state index in [1.807, 2.05) is 0 Å². The van der Waals surface area contributed by atoms with Crippen LogP contribution in [0.1, 0.15) is 25.0 Å². The van der Waals surface area contributed by atoms with Gasteiger partial charge in [0.15, 0.2) is 11.5 Å². The Bertz CT molecular complexity index is 795. The highest BCUT2D eigenvalue weighted by atomic mass is 16.5. The Labute approximate surface area is 132 Å². The van der Waals surface area contributed by atoms with Crippen LogP contribution in [0.25, 0.3) is 10.9 Å². The molecule has 1 aromatic heterocycles. The van der Waals surface area contributed by atoms with Gasteiger partial charge in [-0.05, 0) is 19.1 Å². The Morgan fingerprint density at radius 3 is 2.35 bits per heavy atom. The van der Waals surface area contributed by atoms with Gasteiger partial charge in [-0.2, -0.15) is 0 Å². The highest BCUT2D eigenvalue weighted by Gasteiger charge is 2.24. The molecule has 0 spiro atoms. The quantitative estimate of drug-likeness (QED) is 0.838. The molecule has 2 aromatic rings. The summed E-state index contributed by atoms with van der Waals surface area (Å²) in [5, 5.41) is 10.7. The fourth-order valence-electron chi connectivity index (χ4n) is 2.57. The molecular weight excluding hydrogens is 302 g/mol. The number of rotatable bonds is 6. The van der Waals surface area contributed by atoms with Crippen LogP contribution in [-0.2, 0) is 4.79 Å². The lowest BCUT2D eigenvalue weighted by atomic mass is 10.0. The van der Waals surface area contributed by atoms with E-state index >= 15 is 0 Å². The molecule has 0 aliphatic rings. The molecule has 0 saturated carbocycles. The molecule has 1 aromatic carbocycles. The molecule has 0 bridgehead atoms. The van der Waals surface area contributed by atoms with Gasteiger partial charge in [-0.3, -0.25) is 9.59 Å². The fraction of sp³-hybridized carbons (Fsp3) is 0.375. The van der Waals surface area contributed by atoms with Gasteiger partial charge in [0.25, 0.3) is 5.56 Å². The molecule has 2 N–H and O–H groups in total. The van der Waals surface area contributed by atoms with Gasteiger partial charge in [-0.15, -0.1) is 0 Å². The summed E-state index contributed by atoms with van der Waals surface area (Å²) in [4.78, 5) is 26.3. The van der Waals surface area contributed by atoms with Crippen molar-refractivity contribution in [2.75, 3.05) is 21.3 Å². The number of methoxy groups -OCH3 is 3. The summed E-state index contributed by atoms with van der Waals surface area (Å²) in [5.74, 6) is 0.785. The third kappa shape index (κ3) is 3.00. The number of carbonyl (C=O) groups is 1. The first-order valence-electron chi connectivity index (χ1n) is 6.96. The number of ether oxygens (including phenoxy) is 3. The Hall–Kier alpha value is -2.54. The van der Waals surface area contributed by atoms with Gasteiger partial charge in [-0.25, -0.2) is 0 Å². The second kappa shape index (κ2) is 6.70. The third-order valence-electron chi connectivity index (χ3n) is 3.54. The Balaban J connectivity index is 2.80. The topological polar surface area (TPSA) is 97.9 Å². The van der Waals surface area contributed by atoms with Crippen molar-refractivity contribution < 1.29 is 24.1 Å². The zero-order valence-corrected chi connectivity index (χ0v) is 13.4. The first-order chi connectivity index (χ1) is 10.9. The summed E-state index contributed by atoms with van der Waals surface area (Å²) in [6, 6.07) is 3.36. The van der Waals surface area contributed by atoms with E-state index in [1.165, 1.54) is 28.3 Å². The monoisotopic (exact) mass is 321 g/mol. The van der Waals surface area contributed by atoms with Crippen LogP contribution in [-0.4, -0.2) is 37.2 Å². The number of nitrogens with one attached hydrogen (secondary N) is 1. The average molecular weight is 321 g/mol. The maximum absolute atomic E-state index is 12.4. The maximum Gasteiger partial charge on any atom is 0.258 e. The van der Waals surface area contributed by atoms with Crippen molar-refractivity contribution >= 4 is 16.7 Å². The van der Waals surface area contributed by atoms with Gasteiger partial charge in [0, 0.05) is 11.8 Å². The van der Waals surface area contributed by atoms with Crippen molar-refractivity contribution in [2.45, 2.75) is 19.4 Å². The van der Waals surface area contributed by atoms with E-state index in [4.69, 9.17) is 14.2 Å². The van der Waals surface area contributed by atoms with E-state index in [-0.39, 0.29) is 23.5 Å². The van der Waals surface area contributed by atoms with Gasteiger partial charge in [0.2, 0.25) is 0 Å². The minimum absolute atomic E-state index is 0.0161. The minimum atomic E-state index is -1.25. The van der Waals surface area contributed by atoms with Crippen molar-refractivity contribution in [1.29, 1.82) is 0 Å². The summed E-state index contributed by atoms with van der Waals surface area (Å²) in [5.41, 5.74) is -0.135. The molecule has 0 amide bonds. The van der Waals surface area contributed by atoms with Gasteiger partial charge >= 0.3 is 0 Å². The van der Waals surface area contributed by atoms with E-state index in [9.17, 15) is 14.7 Å². The highest BCUT2D eigenvalue weighted by Crippen LogP contribution is 2.39. The van der Waals surface area contributed by atoms with Crippen molar-refractivity contribution in [3.8, 4) is 17.2 Å². The number of aromatic nitrogens is 1. The minimum Gasteiger partial charge on any atom is -0.495 e. The van der Waals surface area contributed by atoms with Crippen molar-refractivity contribution in [1.82, 2.24) is 4.98 Å². The zero-order chi connectivity index (χ0) is 17.1. The maximum atomic E-state index is 12.4. The third-order valence-corrected chi connectivity index (χ3v) is 3.54. The highest BCUT2D eigenvalue weighted by molar-refractivity contribution is 5.93. The fourth-order valence-corrected chi connectivity index (χ4v) is 2.57. The standard InChI is InChI=1S/C16H19NO6/c1-8(18)7-10(19)12-14(22-3)9-5-6-11(21-2)15(23-4)13(9)17-16(12)20/h5-6,10,19H,7H2,1-4H3,(H,17,20). The zero-order valence-electron chi connectivity index (χ0n) is 13.4. The number of hydrogen-bond donors (Lipinski definition) is 2. The number of H-pyrrole nitrogens is 1. The van der Waals surface area contributed by atoms with E-state index < -0.39 is 11.7 Å². The predicted molar refractivity (Wildman–Crippen MR) is 84.5 cm³/mol. The second-order valence-electron chi connectivity index (χ2n) is 5.05. The molecule has 0 aliphatic heterocycles. The lowest BCUT2D eigenvalue weighted by molar-refractivity contribution is -0.118. The van der Waals surface area contributed by atoms with Crippen molar-refractivity contribution in [3.63, 3.8) is 0 Å². The van der Waals surface area contributed by atoms with Gasteiger partial charge in [-0.1, -0.05) is 0 Å². The van der Waals surface area contributed by atoms with Crippen LogP contribution in [0, 0.1) is 0 Å². The number of aliphatic hydroxyl groups excluding tert-OH is 1. The lowest BCUT2D eigenvalue weighted by Gasteiger charge is -2.17. The molecule has 124 valence electrons. The molecule has 7 nitrogen and oxygen atoms in total. The molecule has 7 heteroatoms. The molecule has 23 heavy (non-hydrogen) atoms.